The molecule has 0 spiro atoms. The number of benzene rings is 3. The Bertz CT molecular complexity index is 1170. The van der Waals surface area contributed by atoms with Crippen LogP contribution in [-0.2, 0) is 12.8 Å². The number of allylic oxidation sites excluding steroid dienone is 4. The van der Waals surface area contributed by atoms with E-state index in [0.29, 0.717) is 11.5 Å². The van der Waals surface area contributed by atoms with Crippen LogP contribution in [0.25, 0.3) is 16.7 Å². The second kappa shape index (κ2) is 12.0. The van der Waals surface area contributed by atoms with E-state index in [-0.39, 0.29) is 11.3 Å². The van der Waals surface area contributed by atoms with Gasteiger partial charge < -0.3 is 4.74 Å². The Labute approximate surface area is 208 Å². The summed E-state index contributed by atoms with van der Waals surface area (Å²) in [5.41, 5.74) is 6.21. The van der Waals surface area contributed by atoms with Crippen molar-refractivity contribution in [1.29, 1.82) is 0 Å². The van der Waals surface area contributed by atoms with Crippen LogP contribution in [0.4, 0.5) is 8.78 Å². The molecule has 4 rings (SSSR count). The maximum absolute atomic E-state index is 14.4. The van der Waals surface area contributed by atoms with E-state index in [2.05, 4.69) is 49.4 Å². The van der Waals surface area contributed by atoms with Crippen LogP contribution in [0.5, 0.6) is 5.75 Å². The van der Waals surface area contributed by atoms with Crippen LogP contribution < -0.4 is 4.74 Å². The van der Waals surface area contributed by atoms with Crippen LogP contribution in [-0.4, -0.2) is 7.11 Å². The Morgan fingerprint density at radius 3 is 2.17 bits per heavy atom. The third-order valence-electron chi connectivity index (χ3n) is 6.85. The van der Waals surface area contributed by atoms with Gasteiger partial charge in [-0.2, -0.15) is 4.39 Å². The summed E-state index contributed by atoms with van der Waals surface area (Å²) in [5, 5.41) is 0. The van der Waals surface area contributed by atoms with Gasteiger partial charge in [-0.15, -0.1) is 0 Å². The minimum absolute atomic E-state index is 0.0834. The monoisotopic (exact) mass is 472 g/mol. The van der Waals surface area contributed by atoms with Gasteiger partial charge in [-0.3, -0.25) is 0 Å². The van der Waals surface area contributed by atoms with E-state index < -0.39 is 11.6 Å². The Hall–Kier alpha value is -3.20. The highest BCUT2D eigenvalue weighted by Crippen LogP contribution is 2.34. The van der Waals surface area contributed by atoms with Gasteiger partial charge in [0.2, 0.25) is 5.82 Å². The first kappa shape index (κ1) is 24.9. The first-order valence-corrected chi connectivity index (χ1v) is 12.6. The maximum atomic E-state index is 14.4. The van der Waals surface area contributed by atoms with Gasteiger partial charge in [-0.05, 0) is 84.4 Å². The highest BCUT2D eigenvalue weighted by molar-refractivity contribution is 5.71. The first-order chi connectivity index (χ1) is 17.1. The second-order valence-electron chi connectivity index (χ2n) is 9.32. The smallest absolute Gasteiger partial charge is 0.201 e. The summed E-state index contributed by atoms with van der Waals surface area (Å²) >= 11 is 0. The van der Waals surface area contributed by atoms with Crippen LogP contribution in [0.3, 0.4) is 0 Å². The quantitative estimate of drug-likeness (QED) is 0.282. The van der Waals surface area contributed by atoms with E-state index in [1.165, 1.54) is 36.3 Å². The Balaban J connectivity index is 1.30. The Morgan fingerprint density at radius 2 is 1.54 bits per heavy atom. The number of ether oxygens (including phenoxy) is 1. The molecule has 0 amide bonds. The molecule has 0 saturated heterocycles. The minimum Gasteiger partial charge on any atom is -0.494 e. The number of halogens is 2. The van der Waals surface area contributed by atoms with Gasteiger partial charge in [-0.25, -0.2) is 4.39 Å². The van der Waals surface area contributed by atoms with Crippen molar-refractivity contribution in [2.24, 2.45) is 5.92 Å². The van der Waals surface area contributed by atoms with Crippen LogP contribution in [0.1, 0.15) is 55.7 Å². The van der Waals surface area contributed by atoms with Crippen molar-refractivity contribution in [3.05, 3.63) is 107 Å². The average molecular weight is 473 g/mol. The van der Waals surface area contributed by atoms with Crippen LogP contribution in [0, 0.1) is 17.6 Å². The molecule has 0 heterocycles. The van der Waals surface area contributed by atoms with Crippen molar-refractivity contribution in [1.82, 2.24) is 0 Å². The zero-order valence-corrected chi connectivity index (χ0v) is 20.7. The summed E-state index contributed by atoms with van der Waals surface area (Å²) in [6.45, 7) is 2.22. The highest BCUT2D eigenvalue weighted by atomic mass is 19.2. The lowest BCUT2D eigenvalue weighted by Gasteiger charge is -2.20. The molecule has 0 aromatic heterocycles. The molecule has 1 unspecified atom stereocenters. The third-order valence-corrected chi connectivity index (χ3v) is 6.85. The average Bonchev–Trinajstić information content (AvgIpc) is 2.90. The maximum Gasteiger partial charge on any atom is 0.201 e. The molecule has 3 heteroatoms. The van der Waals surface area contributed by atoms with Crippen molar-refractivity contribution < 1.29 is 13.5 Å². The molecule has 182 valence electrons. The molecule has 1 nitrogen and oxygen atoms in total. The summed E-state index contributed by atoms with van der Waals surface area (Å²) in [5.74, 6) is -1.33. The SMILES string of the molecule is CCCc1ccc(CCC=CC2CC=C(c3ccc(-c4ccc(OC)c(F)c4F)cc3)CC2)cc1. The third kappa shape index (κ3) is 6.28. The van der Waals surface area contributed by atoms with Gasteiger partial charge in [0, 0.05) is 5.56 Å². The van der Waals surface area contributed by atoms with Gasteiger partial charge in [0.25, 0.3) is 0 Å². The van der Waals surface area contributed by atoms with Crippen molar-refractivity contribution >= 4 is 5.57 Å². The first-order valence-electron chi connectivity index (χ1n) is 12.6. The number of methoxy groups -OCH3 is 1. The van der Waals surface area contributed by atoms with Gasteiger partial charge in [0.05, 0.1) is 7.11 Å². The fourth-order valence-corrected chi connectivity index (χ4v) is 4.77. The molecule has 0 N–H and O–H groups in total. The minimum atomic E-state index is -0.951. The Morgan fingerprint density at radius 1 is 0.857 bits per heavy atom. The summed E-state index contributed by atoms with van der Waals surface area (Å²) < 4.78 is 33.4. The van der Waals surface area contributed by atoms with Crippen molar-refractivity contribution in [3.63, 3.8) is 0 Å². The number of hydrogen-bond acceptors (Lipinski definition) is 1. The van der Waals surface area contributed by atoms with Gasteiger partial charge in [0.1, 0.15) is 0 Å². The molecule has 3 aromatic rings. The Kier molecular flexibility index (Phi) is 8.52. The normalized spacial score (nSPS) is 15.9. The largest absolute Gasteiger partial charge is 0.494 e. The topological polar surface area (TPSA) is 9.23 Å². The standard InChI is InChI=1S/C32H34F2O/c1-3-6-23-9-11-24(12-10-23)7-4-5-8-25-13-15-26(16-14-25)27-17-19-28(20-18-27)29-21-22-30(35-2)32(34)31(29)33/h5,8-12,15,17-22,25H,3-4,6-7,13-14,16H2,1-2H3. The predicted molar refractivity (Wildman–Crippen MR) is 142 cm³/mol. The molecule has 0 saturated carbocycles. The summed E-state index contributed by atoms with van der Waals surface area (Å²) in [7, 11) is 1.33. The van der Waals surface area contributed by atoms with Gasteiger partial charge in [0.15, 0.2) is 11.6 Å². The lowest BCUT2D eigenvalue weighted by atomic mass is 9.86. The zero-order chi connectivity index (χ0) is 24.6. The van der Waals surface area contributed by atoms with Crippen LogP contribution in [0.2, 0.25) is 0 Å². The number of hydrogen-bond donors (Lipinski definition) is 0. The van der Waals surface area contributed by atoms with Crippen molar-refractivity contribution in [2.45, 2.75) is 51.9 Å². The molecule has 1 aliphatic rings. The van der Waals surface area contributed by atoms with E-state index in [1.807, 2.05) is 24.3 Å². The molecule has 0 aliphatic heterocycles. The molecule has 3 aromatic carbocycles. The van der Waals surface area contributed by atoms with E-state index in [9.17, 15) is 8.78 Å². The highest BCUT2D eigenvalue weighted by Gasteiger charge is 2.16. The van der Waals surface area contributed by atoms with Crippen molar-refractivity contribution in [3.8, 4) is 16.9 Å². The van der Waals surface area contributed by atoms with Gasteiger partial charge >= 0.3 is 0 Å². The molecule has 0 bridgehead atoms. The van der Waals surface area contributed by atoms with E-state index in [1.54, 1.807) is 6.07 Å². The fourth-order valence-electron chi connectivity index (χ4n) is 4.77. The van der Waals surface area contributed by atoms with Crippen LogP contribution in [0.15, 0.2) is 78.9 Å². The molecule has 0 fully saturated rings. The van der Waals surface area contributed by atoms with Crippen molar-refractivity contribution in [2.75, 3.05) is 7.11 Å². The fraction of sp³-hybridized carbons (Fsp3) is 0.312. The molecule has 1 atom stereocenters. The van der Waals surface area contributed by atoms with E-state index >= 15 is 0 Å². The number of rotatable bonds is 9. The molecule has 1 aliphatic carbocycles. The number of aryl methyl sites for hydroxylation is 2. The van der Waals surface area contributed by atoms with E-state index in [0.717, 1.165) is 44.1 Å². The molecular weight excluding hydrogens is 438 g/mol. The summed E-state index contributed by atoms with van der Waals surface area (Å²) in [6, 6.07) is 19.8. The lowest BCUT2D eigenvalue weighted by molar-refractivity contribution is 0.372. The van der Waals surface area contributed by atoms with E-state index in [4.69, 9.17) is 4.74 Å². The predicted octanol–water partition coefficient (Wildman–Crippen LogP) is 8.97. The van der Waals surface area contributed by atoms with Crippen LogP contribution >= 0.6 is 0 Å². The molecular formula is C32H34F2O. The van der Waals surface area contributed by atoms with Gasteiger partial charge in [-0.1, -0.05) is 80.1 Å². The summed E-state index contributed by atoms with van der Waals surface area (Å²) in [6.07, 6.45) is 14.7. The summed E-state index contributed by atoms with van der Waals surface area (Å²) in [4.78, 5) is 0. The second-order valence-corrected chi connectivity index (χ2v) is 9.32. The molecule has 35 heavy (non-hydrogen) atoms. The molecule has 0 radical (unpaired) electrons. The lowest BCUT2D eigenvalue weighted by Crippen LogP contribution is -2.02. The zero-order valence-electron chi connectivity index (χ0n) is 20.7.